The summed E-state index contributed by atoms with van der Waals surface area (Å²) in [6, 6.07) is 51.6. The third-order valence-corrected chi connectivity index (χ3v) is 11.9. The minimum atomic E-state index is 0.0645. The van der Waals surface area contributed by atoms with E-state index in [9.17, 15) is 0 Å². The summed E-state index contributed by atoms with van der Waals surface area (Å²) in [6.07, 6.45) is 13.7. The summed E-state index contributed by atoms with van der Waals surface area (Å²) >= 11 is 0. The molecule has 2 N–H and O–H groups in total. The van der Waals surface area contributed by atoms with Crippen molar-refractivity contribution in [3.05, 3.63) is 185 Å². The van der Waals surface area contributed by atoms with Crippen LogP contribution in [0.15, 0.2) is 152 Å². The normalized spacial score (nSPS) is 17.3. The molecule has 11 rings (SSSR count). The lowest BCUT2D eigenvalue weighted by atomic mass is 9.85. The van der Waals surface area contributed by atoms with Crippen LogP contribution in [0.5, 0.6) is 0 Å². The topological polar surface area (TPSA) is 29.0 Å². The van der Waals surface area contributed by atoms with Gasteiger partial charge in [-0.3, -0.25) is 0 Å². The predicted octanol–water partition coefficient (Wildman–Crippen LogP) is 12.8. The summed E-state index contributed by atoms with van der Waals surface area (Å²) < 4.78 is 2.55. The number of hydrogen-bond acceptors (Lipinski definition) is 2. The zero-order valence-corrected chi connectivity index (χ0v) is 29.5. The summed E-state index contributed by atoms with van der Waals surface area (Å²) in [4.78, 5) is 0. The third kappa shape index (κ3) is 4.73. The zero-order chi connectivity index (χ0) is 34.9. The van der Waals surface area contributed by atoms with Crippen molar-refractivity contribution >= 4 is 56.1 Å². The average molecular weight is 682 g/mol. The van der Waals surface area contributed by atoms with Crippen LogP contribution < -0.4 is 10.6 Å². The number of nitrogens with zero attached hydrogens (tertiary/aromatic N) is 1. The number of nitrogens with one attached hydrogen (secondary N) is 2. The van der Waals surface area contributed by atoms with Crippen LogP contribution in [-0.4, -0.2) is 4.57 Å². The number of rotatable bonds is 4. The fourth-order valence-electron chi connectivity index (χ4n) is 9.45. The van der Waals surface area contributed by atoms with Crippen LogP contribution in [-0.2, 0) is 12.8 Å². The molecule has 8 aromatic rings. The third-order valence-electron chi connectivity index (χ3n) is 11.9. The first kappa shape index (κ1) is 30.3. The van der Waals surface area contributed by atoms with Crippen LogP contribution in [0.2, 0.25) is 0 Å². The Morgan fingerprint density at radius 1 is 0.509 bits per heavy atom. The lowest BCUT2D eigenvalue weighted by molar-refractivity contribution is 0.636. The van der Waals surface area contributed by atoms with Gasteiger partial charge in [-0.1, -0.05) is 140 Å². The highest BCUT2D eigenvalue weighted by atomic mass is 15.1. The average Bonchev–Trinajstić information content (AvgIpc) is 3.58. The van der Waals surface area contributed by atoms with Gasteiger partial charge in [-0.15, -0.1) is 0 Å². The van der Waals surface area contributed by atoms with Crippen molar-refractivity contribution in [3.63, 3.8) is 0 Å². The number of aryl methyl sites for hydroxylation is 1. The molecule has 2 atom stereocenters. The molecule has 0 fully saturated rings. The molecule has 0 radical (unpaired) electrons. The van der Waals surface area contributed by atoms with Gasteiger partial charge in [-0.05, 0) is 94.1 Å². The minimum absolute atomic E-state index is 0.0645. The standard InChI is InChI=1S/C50H39N3/c1-3-16-34(17-4-1)48-49(35-18-5-2-6-19-35)52-50-41(24-13-25-42(50)51-48)39-28-31-43(40-23-12-11-22-38(39)40)53-44-29-26-32-14-7-9-20-36(32)46(44)47-37-21-10-8-15-33(37)27-30-45(47)53/h1-7,9-10,12-14,16-21,23-31,48-49,51-52H,8,11,15,22H2. The highest BCUT2D eigenvalue weighted by Crippen LogP contribution is 2.49. The summed E-state index contributed by atoms with van der Waals surface area (Å²) in [7, 11) is 0. The zero-order valence-electron chi connectivity index (χ0n) is 29.5. The van der Waals surface area contributed by atoms with Gasteiger partial charge in [-0.2, -0.15) is 0 Å². The van der Waals surface area contributed by atoms with E-state index in [0.717, 1.165) is 31.4 Å². The molecule has 53 heavy (non-hydrogen) atoms. The van der Waals surface area contributed by atoms with Crippen LogP contribution in [0.4, 0.5) is 11.4 Å². The lowest BCUT2D eigenvalue weighted by Crippen LogP contribution is -2.30. The van der Waals surface area contributed by atoms with Gasteiger partial charge in [-0.25, -0.2) is 0 Å². The summed E-state index contributed by atoms with van der Waals surface area (Å²) in [5, 5.41) is 13.4. The van der Waals surface area contributed by atoms with Gasteiger partial charge in [0.2, 0.25) is 0 Å². The van der Waals surface area contributed by atoms with E-state index < -0.39 is 0 Å². The van der Waals surface area contributed by atoms with Crippen LogP contribution in [0.3, 0.4) is 0 Å². The SMILES string of the molecule is C1=Cc2c(ccc3c2c2c4ccccc4ccc2n3-c2ccc(-c3cccc4c3NC(c3ccccc3)C(c3ccccc3)N4)c3c2C=CCC3)CC1. The molecule has 2 unspecified atom stereocenters. The molecule has 1 aromatic heterocycles. The summed E-state index contributed by atoms with van der Waals surface area (Å²) in [6.45, 7) is 0. The van der Waals surface area contributed by atoms with Crippen molar-refractivity contribution in [1.29, 1.82) is 0 Å². The van der Waals surface area contributed by atoms with Crippen LogP contribution >= 0.6 is 0 Å². The second-order valence-corrected chi connectivity index (χ2v) is 14.7. The molecule has 2 heterocycles. The Morgan fingerprint density at radius 3 is 2.04 bits per heavy atom. The predicted molar refractivity (Wildman–Crippen MR) is 224 cm³/mol. The minimum Gasteiger partial charge on any atom is -0.374 e. The lowest BCUT2D eigenvalue weighted by Gasteiger charge is -2.38. The Labute approximate surface area is 309 Å². The molecule has 7 aromatic carbocycles. The number of aromatic nitrogens is 1. The number of para-hydroxylation sites is 1. The first-order valence-electron chi connectivity index (χ1n) is 19.1. The Balaban J connectivity index is 1.12. The fourth-order valence-corrected chi connectivity index (χ4v) is 9.45. The van der Waals surface area contributed by atoms with Gasteiger partial charge < -0.3 is 15.2 Å². The van der Waals surface area contributed by atoms with Gasteiger partial charge in [0.05, 0.1) is 40.2 Å². The monoisotopic (exact) mass is 681 g/mol. The number of benzene rings is 7. The van der Waals surface area contributed by atoms with Crippen LogP contribution in [0, 0.1) is 0 Å². The fraction of sp³-hybridized carbons (Fsp3) is 0.120. The molecule has 0 spiro atoms. The molecule has 0 saturated carbocycles. The molecule has 3 heteroatoms. The largest absolute Gasteiger partial charge is 0.374 e. The molecule has 0 amide bonds. The van der Waals surface area contributed by atoms with E-state index in [1.807, 2.05) is 0 Å². The molecule has 254 valence electrons. The Bertz CT molecular complexity index is 2790. The Kier molecular flexibility index (Phi) is 6.94. The molecule has 1 aliphatic heterocycles. The van der Waals surface area contributed by atoms with Crippen molar-refractivity contribution in [1.82, 2.24) is 4.57 Å². The quantitative estimate of drug-likeness (QED) is 0.194. The van der Waals surface area contributed by atoms with Crippen molar-refractivity contribution < 1.29 is 0 Å². The summed E-state index contributed by atoms with van der Waals surface area (Å²) in [5.74, 6) is 0. The van der Waals surface area contributed by atoms with Crippen molar-refractivity contribution in [2.24, 2.45) is 0 Å². The van der Waals surface area contributed by atoms with E-state index in [1.54, 1.807) is 0 Å². The van der Waals surface area contributed by atoms with Gasteiger partial charge in [0, 0.05) is 21.9 Å². The number of hydrogen-bond donors (Lipinski definition) is 2. The van der Waals surface area contributed by atoms with E-state index in [0.29, 0.717) is 0 Å². The second kappa shape index (κ2) is 12.1. The maximum Gasteiger partial charge on any atom is 0.0758 e. The molecular weight excluding hydrogens is 643 g/mol. The molecule has 3 nitrogen and oxygen atoms in total. The first-order valence-corrected chi connectivity index (χ1v) is 19.1. The smallest absolute Gasteiger partial charge is 0.0758 e. The van der Waals surface area contributed by atoms with Crippen molar-refractivity contribution in [2.45, 2.75) is 37.8 Å². The van der Waals surface area contributed by atoms with Crippen LogP contribution in [0.1, 0.15) is 58.3 Å². The van der Waals surface area contributed by atoms with E-state index in [2.05, 4.69) is 179 Å². The van der Waals surface area contributed by atoms with Gasteiger partial charge in [0.1, 0.15) is 0 Å². The molecule has 0 saturated heterocycles. The second-order valence-electron chi connectivity index (χ2n) is 14.7. The maximum absolute atomic E-state index is 4.08. The molecule has 3 aliphatic rings. The van der Waals surface area contributed by atoms with Gasteiger partial charge in [0.15, 0.2) is 0 Å². The number of fused-ring (bicyclic) bond motifs is 9. The van der Waals surface area contributed by atoms with Gasteiger partial charge in [0.25, 0.3) is 0 Å². The Hall–Kier alpha value is -6.32. The maximum atomic E-state index is 4.08. The van der Waals surface area contributed by atoms with Crippen LogP contribution in [0.25, 0.3) is 61.5 Å². The number of allylic oxidation sites excluding steroid dienone is 2. The Morgan fingerprint density at radius 2 is 1.21 bits per heavy atom. The van der Waals surface area contributed by atoms with E-state index in [4.69, 9.17) is 0 Å². The van der Waals surface area contributed by atoms with E-state index in [-0.39, 0.29) is 12.1 Å². The molecule has 0 bridgehead atoms. The molecule has 2 aliphatic carbocycles. The van der Waals surface area contributed by atoms with Crippen molar-refractivity contribution in [3.8, 4) is 16.8 Å². The van der Waals surface area contributed by atoms with Gasteiger partial charge >= 0.3 is 0 Å². The highest BCUT2D eigenvalue weighted by Gasteiger charge is 2.32. The summed E-state index contributed by atoms with van der Waals surface area (Å²) in [5.41, 5.74) is 16.7. The highest BCUT2D eigenvalue weighted by molar-refractivity contribution is 6.23. The van der Waals surface area contributed by atoms with E-state index in [1.165, 1.54) is 88.5 Å². The van der Waals surface area contributed by atoms with E-state index >= 15 is 0 Å². The van der Waals surface area contributed by atoms with Crippen molar-refractivity contribution in [2.75, 3.05) is 10.6 Å². The first-order chi connectivity index (χ1) is 26.3. The molecular formula is C50H39N3. The number of anilines is 2.